The minimum Gasteiger partial charge on any atom is -0.342 e. The summed E-state index contributed by atoms with van der Waals surface area (Å²) in [6, 6.07) is 6.35. The molecule has 166 valence electrons. The van der Waals surface area contributed by atoms with Crippen LogP contribution in [0.4, 0.5) is 11.6 Å². The third kappa shape index (κ3) is 5.79. The number of anilines is 2. The molecular formula is C24H34N6O. The van der Waals surface area contributed by atoms with Gasteiger partial charge in [0.05, 0.1) is 6.54 Å². The Kier molecular flexibility index (Phi) is 7.12. The molecule has 1 N–H and O–H groups in total. The number of nitrogens with one attached hydrogen (secondary N) is 1. The van der Waals surface area contributed by atoms with Crippen molar-refractivity contribution >= 4 is 17.5 Å². The van der Waals surface area contributed by atoms with Gasteiger partial charge in [0, 0.05) is 55.0 Å². The minimum absolute atomic E-state index is 0.258. The highest BCUT2D eigenvalue weighted by Crippen LogP contribution is 2.29. The van der Waals surface area contributed by atoms with Gasteiger partial charge in [-0.3, -0.25) is 14.7 Å². The number of aromatic nitrogens is 3. The fourth-order valence-electron chi connectivity index (χ4n) is 4.88. The van der Waals surface area contributed by atoms with E-state index in [1.807, 2.05) is 24.9 Å². The van der Waals surface area contributed by atoms with Crippen molar-refractivity contribution in [3.8, 4) is 0 Å². The maximum atomic E-state index is 12.9. The summed E-state index contributed by atoms with van der Waals surface area (Å²) in [5.41, 5.74) is 3.01. The van der Waals surface area contributed by atoms with E-state index in [1.165, 1.54) is 19.3 Å². The van der Waals surface area contributed by atoms with Gasteiger partial charge in [0.25, 0.3) is 0 Å². The maximum absolute atomic E-state index is 12.9. The van der Waals surface area contributed by atoms with Crippen molar-refractivity contribution < 1.29 is 4.79 Å². The van der Waals surface area contributed by atoms with Gasteiger partial charge >= 0.3 is 0 Å². The number of pyridine rings is 1. The standard InChI is InChI=1S/C24H34N6O/c1-18-14-20(28-24-25-11-7-12-26-24)15-22(27-18)19-8-6-13-30(16-19)17-23(31)29(2)21-9-4-3-5-10-21/h7,11-12,14-15,19,21H,3-6,8-10,13,16-17H2,1-2H3,(H,25,26,27,28)/t19-/m1/s1. The monoisotopic (exact) mass is 422 g/mol. The van der Waals surface area contributed by atoms with E-state index in [9.17, 15) is 4.79 Å². The molecule has 7 nitrogen and oxygen atoms in total. The lowest BCUT2D eigenvalue weighted by Gasteiger charge is -2.36. The highest BCUT2D eigenvalue weighted by molar-refractivity contribution is 5.78. The average molecular weight is 423 g/mol. The Morgan fingerprint density at radius 1 is 1.13 bits per heavy atom. The largest absolute Gasteiger partial charge is 0.342 e. The van der Waals surface area contributed by atoms with E-state index in [1.54, 1.807) is 18.5 Å². The van der Waals surface area contributed by atoms with Gasteiger partial charge in [-0.2, -0.15) is 0 Å². The molecule has 1 aliphatic carbocycles. The molecule has 2 aromatic rings. The van der Waals surface area contributed by atoms with Crippen molar-refractivity contribution in [2.75, 3.05) is 32.0 Å². The van der Waals surface area contributed by atoms with Crippen molar-refractivity contribution in [3.05, 3.63) is 42.0 Å². The predicted molar refractivity (Wildman–Crippen MR) is 122 cm³/mol. The summed E-state index contributed by atoms with van der Waals surface area (Å²) in [5, 5.41) is 3.28. The Bertz CT molecular complexity index is 868. The lowest BCUT2D eigenvalue weighted by Crippen LogP contribution is -2.46. The first kappa shape index (κ1) is 21.7. The van der Waals surface area contributed by atoms with Crippen LogP contribution in [-0.2, 0) is 4.79 Å². The van der Waals surface area contributed by atoms with Gasteiger partial charge in [-0.1, -0.05) is 19.3 Å². The molecule has 0 bridgehead atoms. The molecule has 2 aliphatic rings. The summed E-state index contributed by atoms with van der Waals surface area (Å²) in [5.74, 6) is 1.17. The summed E-state index contributed by atoms with van der Waals surface area (Å²) < 4.78 is 0. The van der Waals surface area contributed by atoms with Crippen LogP contribution in [-0.4, -0.2) is 63.4 Å². The third-order valence-electron chi connectivity index (χ3n) is 6.59. The fraction of sp³-hybridized carbons (Fsp3) is 0.583. The van der Waals surface area contributed by atoms with Crippen LogP contribution >= 0.6 is 0 Å². The minimum atomic E-state index is 0.258. The molecule has 7 heteroatoms. The molecule has 0 unspecified atom stereocenters. The predicted octanol–water partition coefficient (Wildman–Crippen LogP) is 3.89. The molecule has 1 saturated heterocycles. The zero-order chi connectivity index (χ0) is 21.6. The smallest absolute Gasteiger partial charge is 0.236 e. The third-order valence-corrected chi connectivity index (χ3v) is 6.59. The summed E-state index contributed by atoms with van der Waals surface area (Å²) in [7, 11) is 1.99. The molecule has 31 heavy (non-hydrogen) atoms. The average Bonchev–Trinajstić information content (AvgIpc) is 2.79. The molecular weight excluding hydrogens is 388 g/mol. The topological polar surface area (TPSA) is 74.2 Å². The number of likely N-dealkylation sites (tertiary alicyclic amines) is 1. The zero-order valence-electron chi connectivity index (χ0n) is 18.8. The molecule has 1 saturated carbocycles. The van der Waals surface area contributed by atoms with E-state index in [4.69, 9.17) is 4.98 Å². The Balaban J connectivity index is 1.39. The first-order chi connectivity index (χ1) is 15.1. The van der Waals surface area contributed by atoms with Gasteiger partial charge in [-0.25, -0.2) is 9.97 Å². The molecule has 0 aromatic carbocycles. The van der Waals surface area contributed by atoms with E-state index in [-0.39, 0.29) is 5.91 Å². The second-order valence-electron chi connectivity index (χ2n) is 8.99. The fourth-order valence-corrected chi connectivity index (χ4v) is 4.88. The van der Waals surface area contributed by atoms with Gasteiger partial charge in [-0.15, -0.1) is 0 Å². The van der Waals surface area contributed by atoms with E-state index < -0.39 is 0 Å². The van der Waals surface area contributed by atoms with Gasteiger partial charge in [0.2, 0.25) is 11.9 Å². The van der Waals surface area contributed by atoms with E-state index >= 15 is 0 Å². The number of rotatable bonds is 6. The molecule has 2 aromatic heterocycles. The van der Waals surface area contributed by atoms with Crippen LogP contribution in [0.15, 0.2) is 30.6 Å². The first-order valence-electron chi connectivity index (χ1n) is 11.6. The maximum Gasteiger partial charge on any atom is 0.236 e. The lowest BCUT2D eigenvalue weighted by molar-refractivity contribution is -0.134. The van der Waals surface area contributed by atoms with Crippen LogP contribution in [0.25, 0.3) is 0 Å². The van der Waals surface area contributed by atoms with Gasteiger partial charge in [0.1, 0.15) is 0 Å². The van der Waals surface area contributed by atoms with E-state index in [2.05, 4.69) is 26.3 Å². The molecule has 4 rings (SSSR count). The van der Waals surface area contributed by atoms with Crippen molar-refractivity contribution in [2.24, 2.45) is 0 Å². The second-order valence-corrected chi connectivity index (χ2v) is 8.99. The Labute approximate surface area is 185 Å². The van der Waals surface area contributed by atoms with Gasteiger partial charge in [0.15, 0.2) is 0 Å². The summed E-state index contributed by atoms with van der Waals surface area (Å²) in [6.45, 7) is 4.39. The molecule has 0 spiro atoms. The Morgan fingerprint density at radius 3 is 2.68 bits per heavy atom. The quantitative estimate of drug-likeness (QED) is 0.761. The van der Waals surface area contributed by atoms with Crippen LogP contribution in [0.1, 0.15) is 62.3 Å². The molecule has 2 fully saturated rings. The number of hydrogen-bond acceptors (Lipinski definition) is 6. The molecule has 1 atom stereocenters. The number of carbonyl (C=O) groups is 1. The number of aryl methyl sites for hydroxylation is 1. The first-order valence-corrected chi connectivity index (χ1v) is 11.6. The lowest BCUT2D eigenvalue weighted by atomic mass is 9.93. The number of amides is 1. The van der Waals surface area contributed by atoms with Crippen LogP contribution in [0.5, 0.6) is 0 Å². The highest BCUT2D eigenvalue weighted by Gasteiger charge is 2.27. The van der Waals surface area contributed by atoms with Crippen molar-refractivity contribution in [3.63, 3.8) is 0 Å². The van der Waals surface area contributed by atoms with Crippen molar-refractivity contribution in [1.82, 2.24) is 24.8 Å². The van der Waals surface area contributed by atoms with Crippen molar-refractivity contribution in [2.45, 2.75) is 63.8 Å². The number of carbonyl (C=O) groups excluding carboxylic acids is 1. The second kappa shape index (κ2) is 10.2. The molecule has 0 radical (unpaired) electrons. The van der Waals surface area contributed by atoms with E-state index in [0.717, 1.165) is 55.8 Å². The van der Waals surface area contributed by atoms with Crippen LogP contribution in [0.3, 0.4) is 0 Å². The zero-order valence-corrected chi connectivity index (χ0v) is 18.8. The molecule has 1 aliphatic heterocycles. The van der Waals surface area contributed by atoms with Crippen LogP contribution in [0.2, 0.25) is 0 Å². The number of hydrogen-bond donors (Lipinski definition) is 1. The number of nitrogens with zero attached hydrogens (tertiary/aromatic N) is 5. The van der Waals surface area contributed by atoms with Crippen LogP contribution in [0, 0.1) is 6.92 Å². The van der Waals surface area contributed by atoms with Crippen LogP contribution < -0.4 is 5.32 Å². The normalized spacial score (nSPS) is 20.4. The summed E-state index contributed by atoms with van der Waals surface area (Å²) in [6.07, 6.45) is 11.7. The molecule has 1 amide bonds. The number of piperidine rings is 1. The molecule has 3 heterocycles. The SMILES string of the molecule is Cc1cc(Nc2ncccn2)cc([C@@H]2CCCN(CC(=O)N(C)C3CCCCC3)C2)n1. The summed E-state index contributed by atoms with van der Waals surface area (Å²) >= 11 is 0. The number of likely N-dealkylation sites (N-methyl/N-ethyl adjacent to an activating group) is 1. The summed E-state index contributed by atoms with van der Waals surface area (Å²) in [4.78, 5) is 30.6. The van der Waals surface area contributed by atoms with Gasteiger partial charge in [-0.05, 0) is 57.4 Å². The Hall–Kier alpha value is -2.54. The van der Waals surface area contributed by atoms with Gasteiger partial charge < -0.3 is 10.2 Å². The van der Waals surface area contributed by atoms with E-state index in [0.29, 0.717) is 24.5 Å². The van der Waals surface area contributed by atoms with Crippen molar-refractivity contribution in [1.29, 1.82) is 0 Å². The highest BCUT2D eigenvalue weighted by atomic mass is 16.2. The Morgan fingerprint density at radius 2 is 1.90 bits per heavy atom.